The van der Waals surface area contributed by atoms with Gasteiger partial charge in [-0.15, -0.1) is 0 Å². The minimum Gasteiger partial charge on any atom is -0.454 e. The molecule has 0 saturated carbocycles. The van der Waals surface area contributed by atoms with Crippen LogP contribution in [0.2, 0.25) is 0 Å². The maximum Gasteiger partial charge on any atom is 0.153 e. The van der Waals surface area contributed by atoms with Crippen LogP contribution >= 0.6 is 0 Å². The minimum atomic E-state index is 0.789. The van der Waals surface area contributed by atoms with Crippen molar-refractivity contribution in [3.05, 3.63) is 67.1 Å². The monoisotopic (exact) mass is 297 g/mol. The van der Waals surface area contributed by atoms with E-state index < -0.39 is 0 Å². The SMILES string of the molecule is c1cnc2cnc(-c3cccc4oc5cccnc5c34)cc2c1. The summed E-state index contributed by atoms with van der Waals surface area (Å²) >= 11 is 0. The Hall–Kier alpha value is -3.27. The summed E-state index contributed by atoms with van der Waals surface area (Å²) in [5.74, 6) is 0. The second-order valence-corrected chi connectivity index (χ2v) is 5.40. The third-order valence-corrected chi connectivity index (χ3v) is 4.02. The van der Waals surface area contributed by atoms with E-state index in [0.29, 0.717) is 0 Å². The molecule has 0 radical (unpaired) electrons. The van der Waals surface area contributed by atoms with Gasteiger partial charge < -0.3 is 4.42 Å². The Morgan fingerprint density at radius 3 is 2.65 bits per heavy atom. The Balaban J connectivity index is 1.87. The van der Waals surface area contributed by atoms with Gasteiger partial charge in [-0.3, -0.25) is 15.0 Å². The van der Waals surface area contributed by atoms with Crippen LogP contribution in [0.5, 0.6) is 0 Å². The fourth-order valence-electron chi connectivity index (χ4n) is 2.98. The molecule has 5 rings (SSSR count). The zero-order valence-electron chi connectivity index (χ0n) is 12.1. The normalized spacial score (nSPS) is 11.5. The summed E-state index contributed by atoms with van der Waals surface area (Å²) < 4.78 is 5.90. The van der Waals surface area contributed by atoms with E-state index in [-0.39, 0.29) is 0 Å². The number of fused-ring (bicyclic) bond motifs is 4. The van der Waals surface area contributed by atoms with Crippen LogP contribution in [0.15, 0.2) is 71.5 Å². The molecule has 0 unspecified atom stereocenters. The lowest BCUT2D eigenvalue weighted by Crippen LogP contribution is -1.87. The van der Waals surface area contributed by atoms with E-state index in [9.17, 15) is 0 Å². The predicted octanol–water partition coefficient (Wildman–Crippen LogP) is 4.59. The number of hydrogen-bond donors (Lipinski definition) is 0. The third-order valence-electron chi connectivity index (χ3n) is 4.02. The fraction of sp³-hybridized carbons (Fsp3) is 0. The van der Waals surface area contributed by atoms with Gasteiger partial charge in [-0.25, -0.2) is 0 Å². The van der Waals surface area contributed by atoms with Crippen LogP contribution in [-0.4, -0.2) is 15.0 Å². The first-order valence-electron chi connectivity index (χ1n) is 7.37. The van der Waals surface area contributed by atoms with Crippen molar-refractivity contribution in [2.75, 3.05) is 0 Å². The van der Waals surface area contributed by atoms with Gasteiger partial charge in [0, 0.05) is 23.3 Å². The summed E-state index contributed by atoms with van der Waals surface area (Å²) in [4.78, 5) is 13.4. The highest BCUT2D eigenvalue weighted by Crippen LogP contribution is 2.35. The Morgan fingerprint density at radius 2 is 1.65 bits per heavy atom. The molecule has 0 fully saturated rings. The Bertz CT molecular complexity index is 1180. The number of furan rings is 1. The fourth-order valence-corrected chi connectivity index (χ4v) is 2.98. The van der Waals surface area contributed by atoms with Crippen molar-refractivity contribution in [3.63, 3.8) is 0 Å². The summed E-state index contributed by atoms with van der Waals surface area (Å²) in [6, 6.07) is 15.8. The van der Waals surface area contributed by atoms with Gasteiger partial charge in [0.15, 0.2) is 5.58 Å². The van der Waals surface area contributed by atoms with Crippen LogP contribution in [0.4, 0.5) is 0 Å². The number of aromatic nitrogens is 3. The summed E-state index contributed by atoms with van der Waals surface area (Å²) in [5, 5.41) is 2.06. The van der Waals surface area contributed by atoms with Crippen LogP contribution in [-0.2, 0) is 0 Å². The Labute approximate surface area is 131 Å². The molecule has 4 heteroatoms. The predicted molar refractivity (Wildman–Crippen MR) is 90.0 cm³/mol. The van der Waals surface area contributed by atoms with Gasteiger partial charge in [0.1, 0.15) is 11.1 Å². The largest absolute Gasteiger partial charge is 0.454 e. The molecule has 4 aromatic heterocycles. The molecule has 23 heavy (non-hydrogen) atoms. The molecule has 1 aromatic carbocycles. The Kier molecular flexibility index (Phi) is 2.46. The van der Waals surface area contributed by atoms with E-state index in [1.807, 2.05) is 36.4 Å². The molecular formula is C19H11N3O. The average Bonchev–Trinajstić information content (AvgIpc) is 3.00. The average molecular weight is 297 g/mol. The number of rotatable bonds is 1. The molecule has 108 valence electrons. The van der Waals surface area contributed by atoms with Gasteiger partial charge >= 0.3 is 0 Å². The molecular weight excluding hydrogens is 286 g/mol. The number of benzene rings is 1. The maximum absolute atomic E-state index is 5.90. The van der Waals surface area contributed by atoms with Crippen LogP contribution in [0.1, 0.15) is 0 Å². The standard InChI is InChI=1S/C19H11N3O/c1-5-13(14-10-12-4-2-8-20-15(12)11-22-14)18-16(6-1)23-17-7-3-9-21-19(17)18/h1-11H. The van der Waals surface area contributed by atoms with Gasteiger partial charge in [-0.1, -0.05) is 18.2 Å². The van der Waals surface area contributed by atoms with Crippen molar-refractivity contribution in [1.29, 1.82) is 0 Å². The van der Waals surface area contributed by atoms with Crippen molar-refractivity contribution in [3.8, 4) is 11.3 Å². The highest BCUT2D eigenvalue weighted by atomic mass is 16.3. The maximum atomic E-state index is 5.90. The highest BCUT2D eigenvalue weighted by molar-refractivity contribution is 6.10. The van der Waals surface area contributed by atoms with Crippen LogP contribution in [0.25, 0.3) is 44.2 Å². The highest BCUT2D eigenvalue weighted by Gasteiger charge is 2.14. The van der Waals surface area contributed by atoms with E-state index in [2.05, 4.69) is 27.1 Å². The molecule has 0 bridgehead atoms. The molecule has 0 atom stereocenters. The first-order valence-corrected chi connectivity index (χ1v) is 7.37. The number of hydrogen-bond acceptors (Lipinski definition) is 4. The molecule has 0 spiro atoms. The van der Waals surface area contributed by atoms with E-state index in [4.69, 9.17) is 4.42 Å². The summed E-state index contributed by atoms with van der Waals surface area (Å²) in [6.45, 7) is 0. The lowest BCUT2D eigenvalue weighted by atomic mass is 10.0. The summed E-state index contributed by atoms with van der Waals surface area (Å²) in [5.41, 5.74) is 5.28. The molecule has 0 saturated heterocycles. The molecule has 0 N–H and O–H groups in total. The minimum absolute atomic E-state index is 0.789. The lowest BCUT2D eigenvalue weighted by molar-refractivity contribution is 0.668. The van der Waals surface area contributed by atoms with Crippen molar-refractivity contribution in [1.82, 2.24) is 15.0 Å². The molecule has 0 aliphatic heterocycles. The Morgan fingerprint density at radius 1 is 0.783 bits per heavy atom. The zero-order valence-corrected chi connectivity index (χ0v) is 12.1. The summed E-state index contributed by atoms with van der Waals surface area (Å²) in [7, 11) is 0. The smallest absolute Gasteiger partial charge is 0.153 e. The van der Waals surface area contributed by atoms with E-state index >= 15 is 0 Å². The third kappa shape index (κ3) is 1.82. The van der Waals surface area contributed by atoms with Crippen LogP contribution in [0, 0.1) is 0 Å². The first kappa shape index (κ1) is 12.3. The summed E-state index contributed by atoms with van der Waals surface area (Å²) in [6.07, 6.45) is 5.36. The number of pyridine rings is 3. The van der Waals surface area contributed by atoms with Crippen molar-refractivity contribution >= 4 is 33.0 Å². The van der Waals surface area contributed by atoms with E-state index in [0.717, 1.165) is 44.2 Å². The van der Waals surface area contributed by atoms with Crippen LogP contribution < -0.4 is 0 Å². The van der Waals surface area contributed by atoms with Crippen molar-refractivity contribution < 1.29 is 4.42 Å². The van der Waals surface area contributed by atoms with Gasteiger partial charge in [-0.05, 0) is 30.3 Å². The molecule has 0 amide bonds. The van der Waals surface area contributed by atoms with Gasteiger partial charge in [-0.2, -0.15) is 0 Å². The van der Waals surface area contributed by atoms with Gasteiger partial charge in [0.05, 0.1) is 22.8 Å². The molecule has 4 heterocycles. The van der Waals surface area contributed by atoms with Gasteiger partial charge in [0.2, 0.25) is 0 Å². The molecule has 5 aromatic rings. The molecule has 4 nitrogen and oxygen atoms in total. The van der Waals surface area contributed by atoms with Gasteiger partial charge in [0.25, 0.3) is 0 Å². The first-order chi connectivity index (χ1) is 11.4. The second-order valence-electron chi connectivity index (χ2n) is 5.40. The lowest BCUT2D eigenvalue weighted by Gasteiger charge is -2.04. The molecule has 0 aliphatic carbocycles. The number of nitrogens with zero attached hydrogens (tertiary/aromatic N) is 3. The van der Waals surface area contributed by atoms with E-state index in [1.165, 1.54) is 0 Å². The molecule has 0 aliphatic rings. The van der Waals surface area contributed by atoms with E-state index in [1.54, 1.807) is 18.6 Å². The second kappa shape index (κ2) is 4.61. The van der Waals surface area contributed by atoms with Crippen LogP contribution in [0.3, 0.4) is 0 Å². The van der Waals surface area contributed by atoms with Crippen molar-refractivity contribution in [2.24, 2.45) is 0 Å². The zero-order chi connectivity index (χ0) is 15.2. The quantitative estimate of drug-likeness (QED) is 0.454. The topological polar surface area (TPSA) is 51.8 Å². The van der Waals surface area contributed by atoms with Crippen molar-refractivity contribution in [2.45, 2.75) is 0 Å².